The molecule has 0 N–H and O–H groups in total. The van der Waals surface area contributed by atoms with Gasteiger partial charge in [-0.15, -0.1) is 0 Å². The molecule has 1 fully saturated rings. The summed E-state index contributed by atoms with van der Waals surface area (Å²) in [5.41, 5.74) is 1.97. The van der Waals surface area contributed by atoms with E-state index in [1.165, 1.54) is 6.07 Å². The lowest BCUT2D eigenvalue weighted by Crippen LogP contribution is -2.41. The van der Waals surface area contributed by atoms with E-state index in [0.717, 1.165) is 24.9 Å². The zero-order chi connectivity index (χ0) is 20.4. The van der Waals surface area contributed by atoms with E-state index >= 15 is 0 Å². The Bertz CT molecular complexity index is 1080. The van der Waals surface area contributed by atoms with Crippen LogP contribution in [0.2, 0.25) is 5.02 Å². The number of hydrogen-bond donors (Lipinski definition) is 0. The number of hydrogen-bond acceptors (Lipinski definition) is 5. The first kappa shape index (κ1) is 19.3. The van der Waals surface area contributed by atoms with Crippen molar-refractivity contribution in [2.24, 2.45) is 13.0 Å². The molecular formula is C22H21ClN4O2. The van der Waals surface area contributed by atoms with Crippen molar-refractivity contribution in [2.45, 2.75) is 12.8 Å². The summed E-state index contributed by atoms with van der Waals surface area (Å²) in [6.45, 7) is 1.28. The molecule has 3 aromatic rings. The normalized spacial score (nSPS) is 16.6. The summed E-state index contributed by atoms with van der Waals surface area (Å²) in [7, 11) is 1.71. The number of aromatic nitrogens is 3. The predicted molar refractivity (Wildman–Crippen MR) is 113 cm³/mol. The van der Waals surface area contributed by atoms with Gasteiger partial charge in [-0.25, -0.2) is 4.98 Å². The largest absolute Gasteiger partial charge is 0.341 e. The minimum atomic E-state index is -0.147. The highest BCUT2D eigenvalue weighted by molar-refractivity contribution is 6.30. The number of carbonyl (C=O) groups is 1. The van der Waals surface area contributed by atoms with Crippen molar-refractivity contribution in [1.82, 2.24) is 14.5 Å². The van der Waals surface area contributed by atoms with Crippen LogP contribution in [0, 0.1) is 5.92 Å². The Morgan fingerprint density at radius 3 is 2.59 bits per heavy atom. The highest BCUT2D eigenvalue weighted by atomic mass is 35.5. The maximum Gasteiger partial charge on any atom is 0.255 e. The van der Waals surface area contributed by atoms with Gasteiger partial charge in [0.1, 0.15) is 0 Å². The van der Waals surface area contributed by atoms with E-state index in [1.54, 1.807) is 48.3 Å². The molecule has 1 aliphatic rings. The lowest BCUT2D eigenvalue weighted by Gasteiger charge is -2.33. The number of carbonyl (C=O) groups excluding carboxylic acids is 1. The van der Waals surface area contributed by atoms with Crippen LogP contribution in [0.1, 0.15) is 23.2 Å². The van der Waals surface area contributed by atoms with Gasteiger partial charge in [-0.2, -0.15) is 0 Å². The van der Waals surface area contributed by atoms with Crippen molar-refractivity contribution < 1.29 is 4.79 Å². The molecule has 0 amide bonds. The quantitative estimate of drug-likeness (QED) is 0.617. The third-order valence-electron chi connectivity index (χ3n) is 5.29. The fourth-order valence-electron chi connectivity index (χ4n) is 3.70. The Morgan fingerprint density at radius 2 is 1.86 bits per heavy atom. The van der Waals surface area contributed by atoms with Crippen LogP contribution >= 0.6 is 11.6 Å². The van der Waals surface area contributed by atoms with Gasteiger partial charge in [0.15, 0.2) is 5.78 Å². The molecule has 0 radical (unpaired) electrons. The second kappa shape index (κ2) is 8.17. The Balaban J connectivity index is 1.63. The lowest BCUT2D eigenvalue weighted by molar-refractivity contribution is 0.0906. The van der Waals surface area contributed by atoms with Crippen LogP contribution in [0.3, 0.4) is 0 Å². The molecule has 1 saturated heterocycles. The first-order chi connectivity index (χ1) is 14.0. The SMILES string of the molecule is Cn1c(N2CCCC(C(=O)c3ccc(Cl)cc3)C2)nc(-c2ccncc2)cc1=O. The summed E-state index contributed by atoms with van der Waals surface area (Å²) in [4.78, 5) is 36.3. The average molecular weight is 409 g/mol. The molecular weight excluding hydrogens is 388 g/mol. The third kappa shape index (κ3) is 4.07. The van der Waals surface area contributed by atoms with Crippen molar-refractivity contribution in [2.75, 3.05) is 18.0 Å². The van der Waals surface area contributed by atoms with Crippen molar-refractivity contribution in [3.05, 3.63) is 75.8 Å². The molecule has 29 heavy (non-hydrogen) atoms. The van der Waals surface area contributed by atoms with E-state index in [0.29, 0.717) is 28.8 Å². The smallest absolute Gasteiger partial charge is 0.255 e. The lowest BCUT2D eigenvalue weighted by atomic mass is 9.90. The van der Waals surface area contributed by atoms with Gasteiger partial charge in [0.25, 0.3) is 5.56 Å². The number of benzene rings is 1. The van der Waals surface area contributed by atoms with Crippen molar-refractivity contribution in [3.63, 3.8) is 0 Å². The Kier molecular flexibility index (Phi) is 5.45. The molecule has 1 unspecified atom stereocenters. The molecule has 0 bridgehead atoms. The van der Waals surface area contributed by atoms with Gasteiger partial charge in [0.05, 0.1) is 5.69 Å². The Labute approximate surface area is 173 Å². The number of Topliss-reactive ketones (excluding diaryl/α,β-unsaturated/α-hetero) is 1. The first-order valence-corrected chi connectivity index (χ1v) is 9.94. The van der Waals surface area contributed by atoms with Crippen LogP contribution in [-0.4, -0.2) is 33.4 Å². The molecule has 1 aliphatic heterocycles. The molecule has 148 valence electrons. The van der Waals surface area contributed by atoms with Crippen LogP contribution in [-0.2, 0) is 7.05 Å². The number of ketones is 1. The van der Waals surface area contributed by atoms with Gasteiger partial charge in [0.2, 0.25) is 5.95 Å². The summed E-state index contributed by atoms with van der Waals surface area (Å²) in [6, 6.07) is 12.2. The summed E-state index contributed by atoms with van der Waals surface area (Å²) in [5.74, 6) is 0.533. The minimum absolute atomic E-state index is 0.0988. The fourth-order valence-corrected chi connectivity index (χ4v) is 3.83. The standard InChI is InChI=1S/C22H21ClN4O2/c1-26-20(28)13-19(15-8-10-24-11-9-15)25-22(26)27-12-2-3-17(14-27)21(29)16-4-6-18(23)7-5-16/h4-11,13,17H,2-3,12,14H2,1H3. The van der Waals surface area contributed by atoms with E-state index in [2.05, 4.69) is 4.98 Å². The van der Waals surface area contributed by atoms with Crippen molar-refractivity contribution in [3.8, 4) is 11.3 Å². The molecule has 1 aromatic carbocycles. The van der Waals surface area contributed by atoms with Gasteiger partial charge in [-0.1, -0.05) is 11.6 Å². The number of anilines is 1. The van der Waals surface area contributed by atoms with E-state index in [4.69, 9.17) is 16.6 Å². The van der Waals surface area contributed by atoms with Crippen LogP contribution in [0.4, 0.5) is 5.95 Å². The summed E-state index contributed by atoms with van der Waals surface area (Å²) < 4.78 is 1.54. The summed E-state index contributed by atoms with van der Waals surface area (Å²) >= 11 is 5.94. The highest BCUT2D eigenvalue weighted by Gasteiger charge is 2.28. The second-order valence-corrected chi connectivity index (χ2v) is 7.67. The average Bonchev–Trinajstić information content (AvgIpc) is 2.76. The Morgan fingerprint density at radius 1 is 1.14 bits per heavy atom. The van der Waals surface area contributed by atoms with Gasteiger partial charge >= 0.3 is 0 Å². The maximum atomic E-state index is 13.0. The molecule has 0 spiro atoms. The van der Waals surface area contributed by atoms with E-state index < -0.39 is 0 Å². The molecule has 3 heterocycles. The van der Waals surface area contributed by atoms with Gasteiger partial charge in [-0.3, -0.25) is 19.1 Å². The van der Waals surface area contributed by atoms with Gasteiger partial charge in [-0.05, 0) is 49.2 Å². The number of rotatable bonds is 4. The monoisotopic (exact) mass is 408 g/mol. The zero-order valence-corrected chi connectivity index (χ0v) is 16.8. The van der Waals surface area contributed by atoms with E-state index in [-0.39, 0.29) is 17.3 Å². The molecule has 0 saturated carbocycles. The molecule has 4 rings (SSSR count). The molecule has 7 heteroatoms. The van der Waals surface area contributed by atoms with Crippen LogP contribution < -0.4 is 10.5 Å². The van der Waals surface area contributed by atoms with Gasteiger partial charge in [0, 0.05) is 60.7 Å². The maximum absolute atomic E-state index is 13.0. The number of pyridine rings is 1. The zero-order valence-electron chi connectivity index (χ0n) is 16.1. The second-order valence-electron chi connectivity index (χ2n) is 7.23. The fraction of sp³-hybridized carbons (Fsp3) is 0.273. The Hall–Kier alpha value is -2.99. The summed E-state index contributed by atoms with van der Waals surface area (Å²) in [6.07, 6.45) is 5.03. The van der Waals surface area contributed by atoms with Crippen LogP contribution in [0.15, 0.2) is 59.7 Å². The molecule has 6 nitrogen and oxygen atoms in total. The highest BCUT2D eigenvalue weighted by Crippen LogP contribution is 2.26. The molecule has 1 atom stereocenters. The number of piperidine rings is 1. The molecule has 2 aromatic heterocycles. The van der Waals surface area contributed by atoms with Crippen molar-refractivity contribution in [1.29, 1.82) is 0 Å². The summed E-state index contributed by atoms with van der Waals surface area (Å²) in [5, 5.41) is 0.610. The topological polar surface area (TPSA) is 68.1 Å². The van der Waals surface area contributed by atoms with Crippen LogP contribution in [0.5, 0.6) is 0 Å². The predicted octanol–water partition coefficient (Wildman–Crippen LogP) is 3.60. The number of nitrogens with zero attached hydrogens (tertiary/aromatic N) is 4. The molecule has 0 aliphatic carbocycles. The van der Waals surface area contributed by atoms with E-state index in [1.807, 2.05) is 17.0 Å². The van der Waals surface area contributed by atoms with Crippen LogP contribution in [0.25, 0.3) is 11.3 Å². The first-order valence-electron chi connectivity index (χ1n) is 9.56. The van der Waals surface area contributed by atoms with E-state index in [9.17, 15) is 9.59 Å². The minimum Gasteiger partial charge on any atom is -0.341 e. The third-order valence-corrected chi connectivity index (χ3v) is 5.54. The van der Waals surface area contributed by atoms with Crippen molar-refractivity contribution >= 4 is 23.3 Å². The van der Waals surface area contributed by atoms with Gasteiger partial charge < -0.3 is 4.90 Å². The number of halogens is 1.